The Morgan fingerprint density at radius 3 is 2.80 bits per heavy atom. The number of thiazole rings is 1. The van der Waals surface area contributed by atoms with Gasteiger partial charge in [0.15, 0.2) is 5.13 Å². The molecule has 0 aliphatic heterocycles. The van der Waals surface area contributed by atoms with Crippen LogP contribution in [-0.2, 0) is 11.2 Å². The minimum atomic E-state index is -0.790. The maximum absolute atomic E-state index is 10.6. The first-order chi connectivity index (χ1) is 9.47. The van der Waals surface area contributed by atoms with E-state index >= 15 is 0 Å². The third-order valence-corrected chi connectivity index (χ3v) is 4.10. The predicted octanol–water partition coefficient (Wildman–Crippen LogP) is 3.55. The van der Waals surface area contributed by atoms with E-state index in [1.807, 2.05) is 17.3 Å². The highest BCUT2D eigenvalue weighted by atomic mass is 32.1. The summed E-state index contributed by atoms with van der Waals surface area (Å²) in [6.07, 6.45) is 0.600. The number of aliphatic carboxylic acids is 1. The fraction of sp³-hybridized carbons (Fsp3) is 0.333. The molecule has 0 spiro atoms. The Hall–Kier alpha value is -1.88. The second kappa shape index (κ2) is 6.05. The summed E-state index contributed by atoms with van der Waals surface area (Å²) in [4.78, 5) is 17.1. The first kappa shape index (κ1) is 14.5. The molecule has 0 fully saturated rings. The first-order valence-electron chi connectivity index (χ1n) is 6.44. The minimum Gasteiger partial charge on any atom is -0.481 e. The van der Waals surface area contributed by atoms with Gasteiger partial charge in [-0.2, -0.15) is 0 Å². The molecule has 5 heteroatoms. The van der Waals surface area contributed by atoms with Crippen molar-refractivity contribution in [3.05, 3.63) is 40.4 Å². The van der Waals surface area contributed by atoms with Crippen molar-refractivity contribution in [3.63, 3.8) is 0 Å². The van der Waals surface area contributed by atoms with Crippen molar-refractivity contribution in [2.24, 2.45) is 0 Å². The normalized spacial score (nSPS) is 10.6. The van der Waals surface area contributed by atoms with Gasteiger partial charge in [-0.1, -0.05) is 17.7 Å². The number of anilines is 2. The molecule has 1 aromatic carbocycles. The number of carbonyl (C=O) groups is 1. The van der Waals surface area contributed by atoms with Crippen LogP contribution in [0.15, 0.2) is 23.6 Å². The van der Waals surface area contributed by atoms with Crippen LogP contribution in [-0.4, -0.2) is 23.1 Å². The number of carboxylic acids is 1. The Balaban J connectivity index is 2.16. The van der Waals surface area contributed by atoms with Gasteiger partial charge in [0, 0.05) is 24.5 Å². The fourth-order valence-corrected chi connectivity index (χ4v) is 2.92. The van der Waals surface area contributed by atoms with Crippen LogP contribution in [0.2, 0.25) is 0 Å². The number of hydrogen-bond donors (Lipinski definition) is 1. The molecule has 106 valence electrons. The number of aromatic nitrogens is 1. The molecule has 1 N–H and O–H groups in total. The Morgan fingerprint density at radius 2 is 2.15 bits per heavy atom. The summed E-state index contributed by atoms with van der Waals surface area (Å²) in [6, 6.07) is 6.31. The van der Waals surface area contributed by atoms with Crippen LogP contribution >= 0.6 is 11.3 Å². The SMILES string of the molecule is Cc1ccc(N(C)c2nc(CCC(=O)O)cs2)c(C)c1. The topological polar surface area (TPSA) is 53.4 Å². The van der Waals surface area contributed by atoms with Crippen molar-refractivity contribution in [3.8, 4) is 0 Å². The van der Waals surface area contributed by atoms with E-state index in [-0.39, 0.29) is 6.42 Å². The number of nitrogens with zero attached hydrogens (tertiary/aromatic N) is 2. The lowest BCUT2D eigenvalue weighted by molar-refractivity contribution is -0.136. The van der Waals surface area contributed by atoms with Gasteiger partial charge in [0.05, 0.1) is 12.1 Å². The molecule has 0 aliphatic carbocycles. The van der Waals surface area contributed by atoms with E-state index in [2.05, 4.69) is 37.0 Å². The summed E-state index contributed by atoms with van der Waals surface area (Å²) in [6.45, 7) is 4.15. The van der Waals surface area contributed by atoms with E-state index in [1.54, 1.807) is 0 Å². The van der Waals surface area contributed by atoms with Gasteiger partial charge >= 0.3 is 5.97 Å². The van der Waals surface area contributed by atoms with Crippen LogP contribution in [0.5, 0.6) is 0 Å². The monoisotopic (exact) mass is 290 g/mol. The fourth-order valence-electron chi connectivity index (χ4n) is 2.08. The summed E-state index contributed by atoms with van der Waals surface area (Å²) in [5, 5.41) is 11.5. The minimum absolute atomic E-state index is 0.121. The highest BCUT2D eigenvalue weighted by molar-refractivity contribution is 7.13. The smallest absolute Gasteiger partial charge is 0.303 e. The number of benzene rings is 1. The zero-order valence-corrected chi connectivity index (χ0v) is 12.7. The number of hydrogen-bond acceptors (Lipinski definition) is 4. The maximum Gasteiger partial charge on any atom is 0.303 e. The standard InChI is InChI=1S/C15H18N2O2S/c1-10-4-6-13(11(2)8-10)17(3)15-16-12(9-20-15)5-7-14(18)19/h4,6,8-9H,5,7H2,1-3H3,(H,18,19). The van der Waals surface area contributed by atoms with E-state index in [0.717, 1.165) is 16.5 Å². The molecule has 1 heterocycles. The Morgan fingerprint density at radius 1 is 1.40 bits per heavy atom. The van der Waals surface area contributed by atoms with Gasteiger partial charge < -0.3 is 10.0 Å². The molecule has 0 unspecified atom stereocenters. The lowest BCUT2D eigenvalue weighted by Crippen LogP contribution is -2.10. The Kier molecular flexibility index (Phi) is 4.39. The van der Waals surface area contributed by atoms with Crippen LogP contribution in [0.25, 0.3) is 0 Å². The molecule has 1 aromatic heterocycles. The van der Waals surface area contributed by atoms with E-state index < -0.39 is 5.97 Å². The van der Waals surface area contributed by atoms with Crippen molar-refractivity contribution in [2.75, 3.05) is 11.9 Å². The molecule has 0 radical (unpaired) electrons. The molecular formula is C15H18N2O2S. The van der Waals surface area contributed by atoms with Gasteiger partial charge in [0.1, 0.15) is 0 Å². The zero-order valence-electron chi connectivity index (χ0n) is 11.9. The summed E-state index contributed by atoms with van der Waals surface area (Å²) in [7, 11) is 1.98. The lowest BCUT2D eigenvalue weighted by atomic mass is 10.1. The number of rotatable bonds is 5. The second-order valence-electron chi connectivity index (χ2n) is 4.86. The molecule has 0 bridgehead atoms. The Labute approximate surface area is 122 Å². The van der Waals surface area contributed by atoms with Crippen molar-refractivity contribution in [2.45, 2.75) is 26.7 Å². The highest BCUT2D eigenvalue weighted by Crippen LogP contribution is 2.30. The molecule has 0 atom stereocenters. The summed E-state index contributed by atoms with van der Waals surface area (Å²) in [5.41, 5.74) is 4.40. The molecule has 0 saturated heterocycles. The van der Waals surface area contributed by atoms with E-state index in [4.69, 9.17) is 5.11 Å². The second-order valence-corrected chi connectivity index (χ2v) is 5.70. The molecule has 0 aliphatic rings. The van der Waals surface area contributed by atoms with Gasteiger partial charge in [0.25, 0.3) is 0 Å². The molecule has 2 rings (SSSR count). The molecule has 4 nitrogen and oxygen atoms in total. The van der Waals surface area contributed by atoms with Crippen LogP contribution in [0.3, 0.4) is 0 Å². The van der Waals surface area contributed by atoms with Gasteiger partial charge in [-0.05, 0) is 25.5 Å². The summed E-state index contributed by atoms with van der Waals surface area (Å²) >= 11 is 1.54. The largest absolute Gasteiger partial charge is 0.481 e. The number of aryl methyl sites for hydroxylation is 3. The first-order valence-corrected chi connectivity index (χ1v) is 7.32. The van der Waals surface area contributed by atoms with E-state index in [0.29, 0.717) is 6.42 Å². The van der Waals surface area contributed by atoms with Crippen LogP contribution in [0, 0.1) is 13.8 Å². The van der Waals surface area contributed by atoms with Crippen LogP contribution in [0.4, 0.5) is 10.8 Å². The third kappa shape index (κ3) is 3.36. The predicted molar refractivity (Wildman–Crippen MR) is 82.0 cm³/mol. The third-order valence-electron chi connectivity index (χ3n) is 3.14. The molecule has 0 amide bonds. The van der Waals surface area contributed by atoms with Gasteiger partial charge in [0.2, 0.25) is 0 Å². The maximum atomic E-state index is 10.6. The molecular weight excluding hydrogens is 272 g/mol. The van der Waals surface area contributed by atoms with Crippen LogP contribution < -0.4 is 4.90 Å². The van der Waals surface area contributed by atoms with Crippen molar-refractivity contribution in [1.82, 2.24) is 4.98 Å². The van der Waals surface area contributed by atoms with Crippen molar-refractivity contribution in [1.29, 1.82) is 0 Å². The molecule has 0 saturated carbocycles. The summed E-state index contributed by atoms with van der Waals surface area (Å²) < 4.78 is 0. The van der Waals surface area contributed by atoms with Crippen molar-refractivity contribution < 1.29 is 9.90 Å². The van der Waals surface area contributed by atoms with Crippen molar-refractivity contribution >= 4 is 28.1 Å². The lowest BCUT2D eigenvalue weighted by Gasteiger charge is -2.18. The average Bonchev–Trinajstić information content (AvgIpc) is 2.84. The van der Waals surface area contributed by atoms with Gasteiger partial charge in [-0.15, -0.1) is 11.3 Å². The highest BCUT2D eigenvalue weighted by Gasteiger charge is 2.11. The van der Waals surface area contributed by atoms with Gasteiger partial charge in [-0.3, -0.25) is 4.79 Å². The number of carboxylic acid groups (broad SMARTS) is 1. The average molecular weight is 290 g/mol. The quantitative estimate of drug-likeness (QED) is 0.915. The van der Waals surface area contributed by atoms with Gasteiger partial charge in [-0.25, -0.2) is 4.98 Å². The Bertz CT molecular complexity index is 622. The zero-order chi connectivity index (χ0) is 14.7. The molecule has 2 aromatic rings. The van der Waals surface area contributed by atoms with E-state index in [9.17, 15) is 4.79 Å². The summed E-state index contributed by atoms with van der Waals surface area (Å²) in [5.74, 6) is -0.790. The van der Waals surface area contributed by atoms with E-state index in [1.165, 1.54) is 22.5 Å². The molecule has 20 heavy (non-hydrogen) atoms. The van der Waals surface area contributed by atoms with Crippen LogP contribution in [0.1, 0.15) is 23.2 Å².